The van der Waals surface area contributed by atoms with E-state index in [-0.39, 0.29) is 12.5 Å². The average molecular weight is 395 g/mol. The van der Waals surface area contributed by atoms with Crippen molar-refractivity contribution in [1.82, 2.24) is 15.5 Å². The molecule has 1 aromatic heterocycles. The number of ether oxygens (including phenoxy) is 3. The Hall–Kier alpha value is -3.55. The first kappa shape index (κ1) is 18.8. The number of fused-ring (bicyclic) bond motifs is 1. The van der Waals surface area contributed by atoms with Crippen LogP contribution in [0.25, 0.3) is 11.4 Å². The Balaban J connectivity index is 1.28. The van der Waals surface area contributed by atoms with Crippen LogP contribution in [-0.2, 0) is 17.8 Å². The topological polar surface area (TPSA) is 95.7 Å². The molecular formula is C21H21N3O5. The zero-order chi connectivity index (χ0) is 20.1. The first-order chi connectivity index (χ1) is 14.2. The lowest BCUT2D eigenvalue weighted by molar-refractivity contribution is -0.121. The number of hydrogen-bond donors (Lipinski definition) is 1. The lowest BCUT2D eigenvalue weighted by Crippen LogP contribution is -2.23. The summed E-state index contributed by atoms with van der Waals surface area (Å²) >= 11 is 0. The van der Waals surface area contributed by atoms with Crippen LogP contribution in [0.5, 0.6) is 17.2 Å². The van der Waals surface area contributed by atoms with Gasteiger partial charge in [0.2, 0.25) is 17.6 Å². The molecule has 1 aliphatic heterocycles. The number of amides is 1. The van der Waals surface area contributed by atoms with Crippen molar-refractivity contribution >= 4 is 5.91 Å². The Bertz CT molecular complexity index is 1000. The molecule has 0 bridgehead atoms. The summed E-state index contributed by atoms with van der Waals surface area (Å²) in [7, 11) is 1.60. The van der Waals surface area contributed by atoms with Crippen molar-refractivity contribution in [2.24, 2.45) is 0 Å². The maximum atomic E-state index is 12.2. The van der Waals surface area contributed by atoms with E-state index in [1.807, 2.05) is 42.5 Å². The van der Waals surface area contributed by atoms with Crippen LogP contribution in [0.1, 0.15) is 17.9 Å². The monoisotopic (exact) mass is 395 g/mol. The minimum Gasteiger partial charge on any atom is -0.497 e. The third kappa shape index (κ3) is 4.66. The van der Waals surface area contributed by atoms with Gasteiger partial charge in [-0.3, -0.25) is 4.79 Å². The maximum absolute atomic E-state index is 12.2. The van der Waals surface area contributed by atoms with Gasteiger partial charge in [-0.2, -0.15) is 4.98 Å². The number of rotatable bonds is 7. The molecule has 0 atom stereocenters. The average Bonchev–Trinajstić information content (AvgIpc) is 3.25. The summed E-state index contributed by atoms with van der Waals surface area (Å²) in [4.78, 5) is 16.5. The number of benzene rings is 2. The first-order valence-electron chi connectivity index (χ1n) is 9.33. The van der Waals surface area contributed by atoms with Crippen LogP contribution in [-0.4, -0.2) is 36.4 Å². The van der Waals surface area contributed by atoms with Gasteiger partial charge in [0, 0.05) is 12.0 Å². The number of nitrogens with one attached hydrogen (secondary N) is 1. The molecule has 4 rings (SSSR count). The van der Waals surface area contributed by atoms with E-state index in [0.717, 1.165) is 22.6 Å². The maximum Gasteiger partial charge on any atom is 0.246 e. The third-order valence-corrected chi connectivity index (χ3v) is 4.48. The van der Waals surface area contributed by atoms with Crippen molar-refractivity contribution in [2.45, 2.75) is 19.4 Å². The standard InChI is InChI=1S/C21H21N3O5/c1-26-16-4-2-3-15(12-16)21-23-20(29-24-21)13-22-19(25)8-6-14-5-7-17-18(11-14)28-10-9-27-17/h2-5,7,11-12H,6,8-10,13H2,1H3,(H,22,25). The molecule has 0 fully saturated rings. The van der Waals surface area contributed by atoms with Crippen LogP contribution in [0.2, 0.25) is 0 Å². The van der Waals surface area contributed by atoms with Crippen molar-refractivity contribution in [3.63, 3.8) is 0 Å². The molecule has 0 aliphatic carbocycles. The molecule has 2 heterocycles. The molecule has 0 unspecified atom stereocenters. The molecule has 150 valence electrons. The van der Waals surface area contributed by atoms with Gasteiger partial charge >= 0.3 is 0 Å². The minimum atomic E-state index is -0.0963. The van der Waals surface area contributed by atoms with E-state index in [4.69, 9.17) is 18.7 Å². The number of nitrogens with zero attached hydrogens (tertiary/aromatic N) is 2. The summed E-state index contributed by atoms with van der Waals surface area (Å²) in [6.07, 6.45) is 0.942. The Morgan fingerprint density at radius 1 is 1.14 bits per heavy atom. The molecule has 2 aromatic carbocycles. The highest BCUT2D eigenvalue weighted by Crippen LogP contribution is 2.31. The predicted molar refractivity (Wildman–Crippen MR) is 104 cm³/mol. The Labute approximate surface area is 167 Å². The van der Waals surface area contributed by atoms with E-state index < -0.39 is 0 Å². The molecule has 29 heavy (non-hydrogen) atoms. The molecule has 0 saturated carbocycles. The van der Waals surface area contributed by atoms with Gasteiger partial charge in [0.05, 0.1) is 13.7 Å². The van der Waals surface area contributed by atoms with Gasteiger partial charge in [0.1, 0.15) is 19.0 Å². The summed E-state index contributed by atoms with van der Waals surface area (Å²) in [6.45, 7) is 1.28. The SMILES string of the molecule is COc1cccc(-c2noc(CNC(=O)CCc3ccc4c(c3)OCCO4)n2)c1. The fourth-order valence-electron chi connectivity index (χ4n) is 2.97. The number of carbonyl (C=O) groups is 1. The summed E-state index contributed by atoms with van der Waals surface area (Å²) in [5, 5.41) is 6.76. The van der Waals surface area contributed by atoms with Crippen molar-refractivity contribution in [3.05, 3.63) is 53.9 Å². The number of hydrogen-bond acceptors (Lipinski definition) is 7. The van der Waals surface area contributed by atoms with Gasteiger partial charge < -0.3 is 24.1 Å². The molecule has 1 amide bonds. The number of aromatic nitrogens is 2. The van der Waals surface area contributed by atoms with Gasteiger partial charge in [-0.1, -0.05) is 23.4 Å². The second kappa shape index (κ2) is 8.64. The van der Waals surface area contributed by atoms with E-state index in [1.165, 1.54) is 0 Å². The molecule has 0 spiro atoms. The van der Waals surface area contributed by atoms with Crippen molar-refractivity contribution in [1.29, 1.82) is 0 Å². The van der Waals surface area contributed by atoms with Crippen LogP contribution in [0.15, 0.2) is 47.0 Å². The number of methoxy groups -OCH3 is 1. The van der Waals surface area contributed by atoms with E-state index >= 15 is 0 Å². The van der Waals surface area contributed by atoms with Crippen molar-refractivity contribution in [3.8, 4) is 28.6 Å². The fourth-order valence-corrected chi connectivity index (χ4v) is 2.97. The lowest BCUT2D eigenvalue weighted by Gasteiger charge is -2.18. The number of aryl methyl sites for hydroxylation is 1. The fraction of sp³-hybridized carbons (Fsp3) is 0.286. The van der Waals surface area contributed by atoms with Gasteiger partial charge in [-0.05, 0) is 36.2 Å². The molecule has 0 radical (unpaired) electrons. The second-order valence-electron chi connectivity index (χ2n) is 6.50. The Morgan fingerprint density at radius 2 is 2.00 bits per heavy atom. The van der Waals surface area contributed by atoms with Crippen LogP contribution in [0, 0.1) is 0 Å². The van der Waals surface area contributed by atoms with Gasteiger partial charge in [0.25, 0.3) is 0 Å². The molecule has 8 nitrogen and oxygen atoms in total. The van der Waals surface area contributed by atoms with Crippen molar-refractivity contribution < 1.29 is 23.5 Å². The second-order valence-corrected chi connectivity index (χ2v) is 6.50. The molecule has 1 N–H and O–H groups in total. The van der Waals surface area contributed by atoms with Crippen LogP contribution >= 0.6 is 0 Å². The summed E-state index contributed by atoms with van der Waals surface area (Å²) in [5.41, 5.74) is 1.80. The minimum absolute atomic E-state index is 0.0963. The third-order valence-electron chi connectivity index (χ3n) is 4.48. The van der Waals surface area contributed by atoms with Gasteiger partial charge in [-0.15, -0.1) is 0 Å². The lowest BCUT2D eigenvalue weighted by atomic mass is 10.1. The Morgan fingerprint density at radius 3 is 2.86 bits per heavy atom. The van der Waals surface area contributed by atoms with Crippen LogP contribution in [0.4, 0.5) is 0 Å². The zero-order valence-corrected chi connectivity index (χ0v) is 16.0. The summed E-state index contributed by atoms with van der Waals surface area (Å²) in [5.74, 6) is 2.88. The molecule has 1 aliphatic rings. The van der Waals surface area contributed by atoms with Crippen LogP contribution < -0.4 is 19.5 Å². The van der Waals surface area contributed by atoms with Gasteiger partial charge in [-0.25, -0.2) is 0 Å². The molecule has 0 saturated heterocycles. The van der Waals surface area contributed by atoms with Crippen LogP contribution in [0.3, 0.4) is 0 Å². The molecular weight excluding hydrogens is 374 g/mol. The summed E-state index contributed by atoms with van der Waals surface area (Å²) < 4.78 is 21.5. The quantitative estimate of drug-likeness (QED) is 0.657. The van der Waals surface area contributed by atoms with E-state index in [1.54, 1.807) is 7.11 Å². The molecule has 8 heteroatoms. The Kier molecular flexibility index (Phi) is 5.60. The summed E-state index contributed by atoms with van der Waals surface area (Å²) in [6, 6.07) is 13.1. The normalized spacial score (nSPS) is 12.4. The van der Waals surface area contributed by atoms with E-state index in [2.05, 4.69) is 15.5 Å². The highest BCUT2D eigenvalue weighted by Gasteiger charge is 2.13. The van der Waals surface area contributed by atoms with E-state index in [9.17, 15) is 4.79 Å². The van der Waals surface area contributed by atoms with E-state index in [0.29, 0.717) is 43.5 Å². The largest absolute Gasteiger partial charge is 0.497 e. The van der Waals surface area contributed by atoms with Crippen molar-refractivity contribution in [2.75, 3.05) is 20.3 Å². The zero-order valence-electron chi connectivity index (χ0n) is 16.0. The first-order valence-corrected chi connectivity index (χ1v) is 9.33. The molecule has 3 aromatic rings. The highest BCUT2D eigenvalue weighted by molar-refractivity contribution is 5.76. The highest BCUT2D eigenvalue weighted by atomic mass is 16.6. The smallest absolute Gasteiger partial charge is 0.246 e. The predicted octanol–water partition coefficient (Wildman–Crippen LogP) is 2.77. The van der Waals surface area contributed by atoms with Gasteiger partial charge in [0.15, 0.2) is 11.5 Å². The number of carbonyl (C=O) groups excluding carboxylic acids is 1.